The van der Waals surface area contributed by atoms with Gasteiger partial charge in [0.15, 0.2) is 0 Å². The van der Waals surface area contributed by atoms with Gasteiger partial charge in [-0.2, -0.15) is 0 Å². The van der Waals surface area contributed by atoms with Gasteiger partial charge in [-0.3, -0.25) is 10.1 Å². The van der Waals surface area contributed by atoms with Crippen LogP contribution in [-0.4, -0.2) is 16.0 Å². The van der Waals surface area contributed by atoms with E-state index in [9.17, 15) is 10.1 Å². The van der Waals surface area contributed by atoms with Gasteiger partial charge in [-0.05, 0) is 47.0 Å². The van der Waals surface area contributed by atoms with Crippen molar-refractivity contribution in [2.24, 2.45) is 5.41 Å². The van der Waals surface area contributed by atoms with E-state index in [2.05, 4.69) is 34.8 Å². The average molecular weight is 329 g/mol. The van der Waals surface area contributed by atoms with E-state index in [0.29, 0.717) is 9.89 Å². The molecule has 0 N–H and O–H groups in total. The highest BCUT2D eigenvalue weighted by molar-refractivity contribution is 9.10. The largest absolute Gasteiger partial charge is 0.469 e. The van der Waals surface area contributed by atoms with Crippen molar-refractivity contribution in [1.82, 2.24) is 4.98 Å². The molecule has 5 nitrogen and oxygen atoms in total. The Morgan fingerprint density at radius 1 is 1.47 bits per heavy atom. The molecule has 2 rings (SSSR count). The fourth-order valence-corrected chi connectivity index (χ4v) is 2.61. The summed E-state index contributed by atoms with van der Waals surface area (Å²) in [4.78, 5) is 14.5. The maximum atomic E-state index is 11.0. The molecule has 1 saturated carbocycles. The van der Waals surface area contributed by atoms with E-state index >= 15 is 0 Å². The first-order valence-corrected chi connectivity index (χ1v) is 7.13. The summed E-state index contributed by atoms with van der Waals surface area (Å²) in [5.41, 5.74) is 0.262. The Hall–Kier alpha value is -1.17. The molecular formula is C13H17BrN2O3. The summed E-state index contributed by atoms with van der Waals surface area (Å²) in [6.07, 6.45) is 5.53. The van der Waals surface area contributed by atoms with Crippen molar-refractivity contribution < 1.29 is 9.66 Å². The van der Waals surface area contributed by atoms with Gasteiger partial charge in [-0.1, -0.05) is 13.8 Å². The molecule has 0 spiro atoms. The topological polar surface area (TPSA) is 65.3 Å². The maximum absolute atomic E-state index is 11.0. The van der Waals surface area contributed by atoms with Gasteiger partial charge >= 0.3 is 5.69 Å². The summed E-state index contributed by atoms with van der Waals surface area (Å²) in [6.45, 7) is 4.48. The van der Waals surface area contributed by atoms with E-state index in [0.717, 1.165) is 25.7 Å². The van der Waals surface area contributed by atoms with Crippen molar-refractivity contribution in [3.8, 4) is 5.88 Å². The summed E-state index contributed by atoms with van der Waals surface area (Å²) >= 11 is 3.18. The predicted octanol–water partition coefficient (Wildman–Crippen LogP) is 4.10. The molecule has 1 fully saturated rings. The van der Waals surface area contributed by atoms with Gasteiger partial charge in [0.05, 0.1) is 4.92 Å². The van der Waals surface area contributed by atoms with Crippen molar-refractivity contribution in [3.63, 3.8) is 0 Å². The Balaban J connectivity index is 2.10. The quantitative estimate of drug-likeness (QED) is 0.618. The highest BCUT2D eigenvalue weighted by Gasteiger charge is 2.29. The third-order valence-electron chi connectivity index (χ3n) is 3.56. The maximum Gasteiger partial charge on any atom is 0.332 e. The zero-order valence-electron chi connectivity index (χ0n) is 11.1. The smallest absolute Gasteiger partial charge is 0.332 e. The molecule has 0 aliphatic heterocycles. The van der Waals surface area contributed by atoms with Crippen LogP contribution in [0.3, 0.4) is 0 Å². The fourth-order valence-electron chi connectivity index (χ4n) is 2.29. The van der Waals surface area contributed by atoms with E-state index in [1.165, 1.54) is 12.3 Å². The van der Waals surface area contributed by atoms with Gasteiger partial charge in [-0.25, -0.2) is 4.98 Å². The first-order chi connectivity index (χ1) is 8.87. The second-order valence-corrected chi connectivity index (χ2v) is 6.63. The molecule has 0 atom stereocenters. The molecule has 0 aromatic carbocycles. The molecule has 104 valence electrons. The predicted molar refractivity (Wildman–Crippen MR) is 75.3 cm³/mol. The fraction of sp³-hybridized carbons (Fsp3) is 0.615. The third-order valence-corrected chi connectivity index (χ3v) is 3.99. The van der Waals surface area contributed by atoms with Crippen LogP contribution in [0, 0.1) is 15.5 Å². The van der Waals surface area contributed by atoms with Gasteiger partial charge in [0.25, 0.3) is 5.88 Å². The van der Waals surface area contributed by atoms with Crippen LogP contribution >= 0.6 is 15.9 Å². The lowest BCUT2D eigenvalue weighted by Crippen LogP contribution is -2.28. The van der Waals surface area contributed by atoms with Crippen LogP contribution in [0.25, 0.3) is 0 Å². The Labute approximate surface area is 120 Å². The van der Waals surface area contributed by atoms with Crippen molar-refractivity contribution >= 4 is 21.6 Å². The SMILES string of the molecule is CC1(C)CCC(Oc2ncc(Br)cc2[N+](=O)[O-])CC1. The minimum absolute atomic E-state index is 0.0281. The molecule has 19 heavy (non-hydrogen) atoms. The number of nitrogens with zero attached hydrogens (tertiary/aromatic N) is 2. The van der Waals surface area contributed by atoms with Crippen LogP contribution < -0.4 is 4.74 Å². The van der Waals surface area contributed by atoms with Crippen LogP contribution in [0.1, 0.15) is 39.5 Å². The Bertz CT molecular complexity index is 481. The number of rotatable bonds is 3. The zero-order valence-corrected chi connectivity index (χ0v) is 12.6. The summed E-state index contributed by atoms with van der Waals surface area (Å²) in [5.74, 6) is 0.123. The van der Waals surface area contributed by atoms with E-state index < -0.39 is 4.92 Å². The second-order valence-electron chi connectivity index (χ2n) is 5.72. The van der Waals surface area contributed by atoms with Crippen molar-refractivity contribution in [2.75, 3.05) is 0 Å². The first-order valence-electron chi connectivity index (χ1n) is 6.34. The normalized spacial score (nSPS) is 19.1. The van der Waals surface area contributed by atoms with Crippen molar-refractivity contribution in [2.45, 2.75) is 45.6 Å². The number of hydrogen-bond acceptors (Lipinski definition) is 4. The molecular weight excluding hydrogens is 312 g/mol. The van der Waals surface area contributed by atoms with Crippen LogP contribution in [-0.2, 0) is 0 Å². The second kappa shape index (κ2) is 5.45. The van der Waals surface area contributed by atoms with Gasteiger partial charge < -0.3 is 4.74 Å². The number of aromatic nitrogens is 1. The Kier molecular flexibility index (Phi) is 4.08. The highest BCUT2D eigenvalue weighted by atomic mass is 79.9. The third kappa shape index (κ3) is 3.65. The Morgan fingerprint density at radius 3 is 2.68 bits per heavy atom. The monoisotopic (exact) mass is 328 g/mol. The molecule has 0 amide bonds. The molecule has 1 aliphatic rings. The van der Waals surface area contributed by atoms with Gasteiger partial charge in [0.2, 0.25) is 0 Å². The van der Waals surface area contributed by atoms with Crippen molar-refractivity contribution in [1.29, 1.82) is 0 Å². The summed E-state index contributed by atoms with van der Waals surface area (Å²) < 4.78 is 6.30. The number of ether oxygens (including phenoxy) is 1. The van der Waals surface area contributed by atoms with Gasteiger partial charge in [-0.15, -0.1) is 0 Å². The Morgan fingerprint density at radius 2 is 2.11 bits per heavy atom. The van der Waals surface area contributed by atoms with Crippen LogP contribution in [0.4, 0.5) is 5.69 Å². The lowest BCUT2D eigenvalue weighted by Gasteiger charge is -2.33. The zero-order chi connectivity index (χ0) is 14.0. The van der Waals surface area contributed by atoms with Crippen LogP contribution in [0.2, 0.25) is 0 Å². The average Bonchev–Trinajstić information content (AvgIpc) is 2.33. The summed E-state index contributed by atoms with van der Waals surface area (Å²) in [5, 5.41) is 11.0. The first kappa shape index (κ1) is 14.2. The van der Waals surface area contributed by atoms with E-state index in [1.807, 2.05) is 0 Å². The van der Waals surface area contributed by atoms with Crippen LogP contribution in [0.15, 0.2) is 16.7 Å². The molecule has 1 heterocycles. The van der Waals surface area contributed by atoms with E-state index in [4.69, 9.17) is 4.74 Å². The highest BCUT2D eigenvalue weighted by Crippen LogP contribution is 2.37. The molecule has 0 bridgehead atoms. The minimum atomic E-state index is -0.458. The minimum Gasteiger partial charge on any atom is -0.469 e. The molecule has 1 aliphatic carbocycles. The summed E-state index contributed by atoms with van der Waals surface area (Å²) in [6, 6.07) is 1.43. The molecule has 0 radical (unpaired) electrons. The molecule has 0 unspecified atom stereocenters. The molecule has 1 aromatic heterocycles. The standard InChI is InChI=1S/C13H17BrN2O3/c1-13(2)5-3-10(4-6-13)19-12-11(16(17)18)7-9(14)8-15-12/h7-8,10H,3-6H2,1-2H3. The lowest BCUT2D eigenvalue weighted by molar-refractivity contribution is -0.386. The van der Waals surface area contributed by atoms with Gasteiger partial charge in [0.1, 0.15) is 6.10 Å². The van der Waals surface area contributed by atoms with Crippen molar-refractivity contribution in [3.05, 3.63) is 26.9 Å². The van der Waals surface area contributed by atoms with Gasteiger partial charge in [0, 0.05) is 16.7 Å². The lowest BCUT2D eigenvalue weighted by atomic mass is 9.76. The number of halogens is 1. The van der Waals surface area contributed by atoms with E-state index in [-0.39, 0.29) is 17.7 Å². The number of hydrogen-bond donors (Lipinski definition) is 0. The van der Waals surface area contributed by atoms with Crippen LogP contribution in [0.5, 0.6) is 5.88 Å². The van der Waals surface area contributed by atoms with E-state index in [1.54, 1.807) is 0 Å². The molecule has 6 heteroatoms. The number of pyridine rings is 1. The molecule has 1 aromatic rings. The number of nitro groups is 1. The molecule has 0 saturated heterocycles. The summed E-state index contributed by atoms with van der Waals surface area (Å²) in [7, 11) is 0.